The van der Waals surface area contributed by atoms with Gasteiger partial charge in [0.25, 0.3) is 5.91 Å². The lowest BCUT2D eigenvalue weighted by atomic mass is 9.94. The molecule has 2 heterocycles. The molecule has 3 amide bonds. The van der Waals surface area contributed by atoms with E-state index in [1.165, 1.54) is 23.1 Å². The molecular formula is C42H52FN5O7S. The van der Waals surface area contributed by atoms with Gasteiger partial charge in [-0.3, -0.25) is 10.1 Å². The summed E-state index contributed by atoms with van der Waals surface area (Å²) in [6.45, 7) is 23.6. The summed E-state index contributed by atoms with van der Waals surface area (Å²) in [5, 5.41) is 7.68. The summed E-state index contributed by atoms with van der Waals surface area (Å²) in [4.78, 5) is 63.2. The maximum atomic E-state index is 15.3. The number of amides is 3. The maximum Gasteiger partial charge on any atom is 0.437 e. The number of pyridine rings is 1. The van der Waals surface area contributed by atoms with Crippen LogP contribution in [0.15, 0.2) is 65.0 Å². The van der Waals surface area contributed by atoms with E-state index in [0.29, 0.717) is 24.0 Å². The van der Waals surface area contributed by atoms with E-state index in [2.05, 4.69) is 73.6 Å². The molecule has 4 rings (SSSR count). The van der Waals surface area contributed by atoms with Gasteiger partial charge >= 0.3 is 18.2 Å². The first-order chi connectivity index (χ1) is 25.7. The normalized spacial score (nSPS) is 12.6. The zero-order valence-electron chi connectivity index (χ0n) is 34.2. The molecule has 0 saturated carbocycles. The number of halogens is 1. The highest BCUT2D eigenvalue weighted by Gasteiger charge is 2.26. The number of esters is 1. The molecule has 0 unspecified atom stereocenters. The summed E-state index contributed by atoms with van der Waals surface area (Å²) < 4.78 is 31.3. The highest BCUT2D eigenvalue weighted by Crippen LogP contribution is 2.30. The number of guanidine groups is 1. The number of carbonyl (C=O) groups is 4. The lowest BCUT2D eigenvalue weighted by Crippen LogP contribution is -2.40. The van der Waals surface area contributed by atoms with E-state index in [1.807, 2.05) is 4.90 Å². The Hall–Kier alpha value is -5.37. The third-order valence-electron chi connectivity index (χ3n) is 7.48. The number of hydrogen-bond acceptors (Lipinski definition) is 9. The number of nitrogens with zero attached hydrogens (tertiary/aromatic N) is 3. The Morgan fingerprint density at radius 1 is 0.839 bits per heavy atom. The van der Waals surface area contributed by atoms with Crippen molar-refractivity contribution in [1.29, 1.82) is 0 Å². The van der Waals surface area contributed by atoms with Crippen LogP contribution in [-0.4, -0.2) is 57.7 Å². The lowest BCUT2D eigenvalue weighted by Gasteiger charge is -2.30. The summed E-state index contributed by atoms with van der Waals surface area (Å²) in [6.07, 6.45) is -1.94. The first-order valence-corrected chi connectivity index (χ1v) is 19.0. The fourth-order valence-corrected chi connectivity index (χ4v) is 6.21. The molecule has 2 N–H and O–H groups in total. The van der Waals surface area contributed by atoms with Crippen molar-refractivity contribution in [1.82, 2.24) is 15.2 Å². The minimum Gasteiger partial charge on any atom is -0.444 e. The lowest BCUT2D eigenvalue weighted by molar-refractivity contribution is 0.0561. The smallest absolute Gasteiger partial charge is 0.437 e. The molecule has 14 heteroatoms. The third kappa shape index (κ3) is 13.1. The maximum absolute atomic E-state index is 15.3. The number of rotatable bonds is 7. The van der Waals surface area contributed by atoms with Crippen LogP contribution in [0.4, 0.5) is 19.7 Å². The first kappa shape index (κ1) is 43.4. The van der Waals surface area contributed by atoms with Gasteiger partial charge < -0.3 is 24.4 Å². The van der Waals surface area contributed by atoms with Crippen LogP contribution >= 0.6 is 11.3 Å². The van der Waals surface area contributed by atoms with E-state index in [-0.39, 0.29) is 39.4 Å². The molecule has 0 aliphatic rings. The molecule has 56 heavy (non-hydrogen) atoms. The number of aromatic nitrogens is 1. The van der Waals surface area contributed by atoms with Crippen LogP contribution in [0.5, 0.6) is 5.75 Å². The van der Waals surface area contributed by atoms with Crippen LogP contribution in [0.1, 0.15) is 114 Å². The van der Waals surface area contributed by atoms with Gasteiger partial charge in [0.2, 0.25) is 5.96 Å². The molecule has 0 aliphatic carbocycles. The Labute approximate surface area is 331 Å². The van der Waals surface area contributed by atoms with E-state index in [1.54, 1.807) is 77.1 Å². The first-order valence-electron chi connectivity index (χ1n) is 18.1. The topological polar surface area (TPSA) is 149 Å². The summed E-state index contributed by atoms with van der Waals surface area (Å²) in [7, 11) is 0. The monoisotopic (exact) mass is 789 g/mol. The van der Waals surface area contributed by atoms with Crippen molar-refractivity contribution in [3.8, 4) is 5.75 Å². The van der Waals surface area contributed by atoms with Gasteiger partial charge in [0.15, 0.2) is 0 Å². The van der Waals surface area contributed by atoms with Gasteiger partial charge in [-0.25, -0.2) is 23.8 Å². The van der Waals surface area contributed by atoms with Crippen molar-refractivity contribution in [3.63, 3.8) is 0 Å². The average Bonchev–Trinajstić information content (AvgIpc) is 3.51. The fraction of sp³-hybridized carbons (Fsp3) is 0.429. The van der Waals surface area contributed by atoms with Crippen LogP contribution in [0.25, 0.3) is 10.9 Å². The number of alkyl carbamates (subject to hydrolysis) is 1. The predicted octanol–water partition coefficient (Wildman–Crippen LogP) is 9.87. The molecule has 0 atom stereocenters. The highest BCUT2D eigenvalue weighted by atomic mass is 32.1. The average molecular weight is 790 g/mol. The molecule has 4 aromatic rings. The van der Waals surface area contributed by atoms with Gasteiger partial charge in [-0.05, 0) is 112 Å². The number of aliphatic imine (C=N–C) groups is 1. The van der Waals surface area contributed by atoms with Gasteiger partial charge in [0.05, 0.1) is 11.1 Å². The molecule has 0 radical (unpaired) electrons. The summed E-state index contributed by atoms with van der Waals surface area (Å²) in [6, 6.07) is 13.8. The molecule has 0 aliphatic heterocycles. The molecule has 2 aromatic carbocycles. The standard InChI is InChI=1S/C42H52FN5O7S/c1-39(2,3)24-48(22-25-19-33(56-23-25)40(4,5)6)34(49)32-17-13-26-20-28(15-18-31(26)45-32)53-35(50)29-16-14-27(21-30(29)43)44-36(46-37(51)54-41(7,8)9)47-38(52)55-42(10,11)12/h13-21,23H,22,24H2,1-12H3,(H2,44,46,47,51,52). The van der Waals surface area contributed by atoms with Crippen LogP contribution in [-0.2, 0) is 21.4 Å². The van der Waals surface area contributed by atoms with Gasteiger partial charge in [-0.2, -0.15) is 0 Å². The number of benzene rings is 2. The number of anilines is 1. The van der Waals surface area contributed by atoms with Crippen molar-refractivity contribution in [2.24, 2.45) is 10.4 Å². The minimum absolute atomic E-state index is 0.0143. The van der Waals surface area contributed by atoms with E-state index >= 15 is 4.39 Å². The van der Waals surface area contributed by atoms with Gasteiger partial charge in [-0.1, -0.05) is 47.6 Å². The zero-order valence-corrected chi connectivity index (χ0v) is 35.0. The Morgan fingerprint density at radius 2 is 1.52 bits per heavy atom. The van der Waals surface area contributed by atoms with Crippen LogP contribution in [0.2, 0.25) is 0 Å². The Morgan fingerprint density at radius 3 is 2.11 bits per heavy atom. The van der Waals surface area contributed by atoms with Crippen molar-refractivity contribution < 1.29 is 37.8 Å². The predicted molar refractivity (Wildman–Crippen MR) is 217 cm³/mol. The van der Waals surface area contributed by atoms with Crippen LogP contribution < -0.4 is 15.4 Å². The van der Waals surface area contributed by atoms with Crippen molar-refractivity contribution >= 4 is 57.9 Å². The van der Waals surface area contributed by atoms with E-state index in [0.717, 1.165) is 11.6 Å². The number of hydrogen-bond donors (Lipinski definition) is 2. The summed E-state index contributed by atoms with van der Waals surface area (Å²) >= 11 is 1.69. The van der Waals surface area contributed by atoms with Crippen LogP contribution in [0.3, 0.4) is 0 Å². The second kappa shape index (κ2) is 16.8. The Balaban J connectivity index is 1.49. The van der Waals surface area contributed by atoms with Gasteiger partial charge in [0, 0.05) is 29.0 Å². The quantitative estimate of drug-likeness (QED) is 0.0808. The molecule has 300 valence electrons. The molecule has 0 saturated heterocycles. The third-order valence-corrected chi connectivity index (χ3v) is 8.88. The number of thiophene rings is 1. The fourth-order valence-electron chi connectivity index (χ4n) is 5.21. The Kier molecular flexibility index (Phi) is 13.0. The minimum atomic E-state index is -1.02. The highest BCUT2D eigenvalue weighted by molar-refractivity contribution is 7.10. The Bertz CT molecular complexity index is 2140. The second-order valence-electron chi connectivity index (χ2n) is 17.6. The largest absolute Gasteiger partial charge is 0.444 e. The van der Waals surface area contributed by atoms with E-state index in [4.69, 9.17) is 14.2 Å². The molecule has 0 bridgehead atoms. The van der Waals surface area contributed by atoms with E-state index in [9.17, 15) is 19.2 Å². The van der Waals surface area contributed by atoms with Crippen LogP contribution in [0, 0.1) is 11.2 Å². The molecular weight excluding hydrogens is 738 g/mol. The number of nitrogens with one attached hydrogen (secondary N) is 2. The SMILES string of the molecule is CC(C)(C)CN(Cc1csc(C(C)(C)C)c1)C(=O)c1ccc2cc(OC(=O)c3ccc(N/C(=N\C(=O)OC(C)(C)C)NC(=O)OC(C)(C)C)cc3F)ccc2n1. The van der Waals surface area contributed by atoms with Gasteiger partial charge in [0.1, 0.15) is 28.5 Å². The van der Waals surface area contributed by atoms with Crippen molar-refractivity contribution in [2.45, 2.75) is 106 Å². The molecule has 2 aromatic heterocycles. The zero-order chi connectivity index (χ0) is 41.8. The van der Waals surface area contributed by atoms with E-state index < -0.39 is 41.1 Å². The van der Waals surface area contributed by atoms with Crippen molar-refractivity contribution in [3.05, 3.63) is 87.5 Å². The number of fused-ring (bicyclic) bond motifs is 1. The molecule has 12 nitrogen and oxygen atoms in total. The number of ether oxygens (including phenoxy) is 3. The second-order valence-corrected chi connectivity index (χ2v) is 18.5. The van der Waals surface area contributed by atoms with Gasteiger partial charge in [-0.15, -0.1) is 16.3 Å². The number of carbonyl (C=O) groups excluding carboxylic acids is 4. The molecule has 0 fully saturated rings. The molecule has 0 spiro atoms. The summed E-state index contributed by atoms with van der Waals surface area (Å²) in [5.41, 5.74) is -0.317. The summed E-state index contributed by atoms with van der Waals surface area (Å²) in [5.74, 6) is -2.37. The van der Waals surface area contributed by atoms with Crippen molar-refractivity contribution in [2.75, 3.05) is 11.9 Å².